The quantitative estimate of drug-likeness (QED) is 0.131. The minimum atomic E-state index is 0.931. The third-order valence-corrected chi connectivity index (χ3v) is 11.4. The molecule has 1 aromatic heterocycles. The number of aromatic nitrogens is 1. The number of benzene rings is 9. The van der Waals surface area contributed by atoms with Gasteiger partial charge in [0.15, 0.2) is 0 Å². The standard InChI is InChI=1S/C51H33N/c1-31(33-29-30-43-37-20-4-3-17-34(37)39-27-14-26-38(33)47(39)43)15-13-16-32(2)52-46-28-12-11-25-45(46)50-49-41-22-8-6-19-36(41)35-18-5-7-21-40(35)48(49)42-23-9-10-24-44(42)51(50)52/h3-30H,2H2,1H3/b16-13-,31-15+. The minimum absolute atomic E-state index is 0.931. The molecule has 0 fully saturated rings. The van der Waals surface area contributed by atoms with Crippen LogP contribution in [0.15, 0.2) is 176 Å². The van der Waals surface area contributed by atoms with Crippen LogP contribution in [0, 0.1) is 0 Å². The van der Waals surface area contributed by atoms with E-state index in [0.29, 0.717) is 0 Å². The van der Waals surface area contributed by atoms with Crippen LogP contribution >= 0.6 is 0 Å². The first-order valence-corrected chi connectivity index (χ1v) is 18.1. The summed E-state index contributed by atoms with van der Waals surface area (Å²) < 4.78 is 2.38. The number of rotatable bonds is 4. The molecular weight excluding hydrogens is 627 g/mol. The van der Waals surface area contributed by atoms with E-state index in [4.69, 9.17) is 6.58 Å². The smallest absolute Gasteiger partial charge is 0.0625 e. The molecule has 242 valence electrons. The third kappa shape index (κ3) is 3.88. The van der Waals surface area contributed by atoms with Crippen LogP contribution in [0.2, 0.25) is 0 Å². The highest BCUT2D eigenvalue weighted by Gasteiger charge is 2.23. The Morgan fingerprint density at radius 2 is 0.962 bits per heavy atom. The summed E-state index contributed by atoms with van der Waals surface area (Å²) in [5.74, 6) is 0. The van der Waals surface area contributed by atoms with E-state index in [1.807, 2.05) is 0 Å². The summed E-state index contributed by atoms with van der Waals surface area (Å²) in [5.41, 5.74) is 11.1. The predicted molar refractivity (Wildman–Crippen MR) is 226 cm³/mol. The first kappa shape index (κ1) is 29.1. The zero-order valence-corrected chi connectivity index (χ0v) is 28.8. The monoisotopic (exact) mass is 659 g/mol. The molecule has 0 saturated carbocycles. The van der Waals surface area contributed by atoms with Crippen molar-refractivity contribution < 1.29 is 0 Å². The topological polar surface area (TPSA) is 4.93 Å². The van der Waals surface area contributed by atoms with E-state index in [1.165, 1.54) is 104 Å². The van der Waals surface area contributed by atoms with Crippen LogP contribution in [0.5, 0.6) is 0 Å². The summed E-state index contributed by atoms with van der Waals surface area (Å²) >= 11 is 0. The van der Waals surface area contributed by atoms with Crippen LogP contribution in [0.4, 0.5) is 0 Å². The Hall–Kier alpha value is -6.70. The van der Waals surface area contributed by atoms with E-state index in [2.05, 4.69) is 181 Å². The first-order valence-electron chi connectivity index (χ1n) is 18.1. The molecule has 0 atom stereocenters. The lowest BCUT2D eigenvalue weighted by atomic mass is 9.88. The summed E-state index contributed by atoms with van der Waals surface area (Å²) in [7, 11) is 0. The van der Waals surface area contributed by atoms with Gasteiger partial charge < -0.3 is 4.57 Å². The summed E-state index contributed by atoms with van der Waals surface area (Å²) in [5, 5.41) is 15.4. The number of hydrogen-bond acceptors (Lipinski definition) is 0. The summed E-state index contributed by atoms with van der Waals surface area (Å²) in [6.07, 6.45) is 6.57. The van der Waals surface area contributed by atoms with Gasteiger partial charge >= 0.3 is 0 Å². The van der Waals surface area contributed by atoms with Gasteiger partial charge in [-0.1, -0.05) is 164 Å². The lowest BCUT2D eigenvalue weighted by molar-refractivity contribution is 1.25. The van der Waals surface area contributed by atoms with Gasteiger partial charge in [0.25, 0.3) is 0 Å². The van der Waals surface area contributed by atoms with Crippen molar-refractivity contribution in [1.29, 1.82) is 0 Å². The molecule has 0 saturated heterocycles. The molecule has 1 nitrogen and oxygen atoms in total. The van der Waals surface area contributed by atoms with E-state index in [0.717, 1.165) is 11.2 Å². The number of fused-ring (bicyclic) bond motifs is 16. The molecule has 1 aliphatic rings. The lowest BCUT2D eigenvalue weighted by Crippen LogP contribution is -1.95. The molecule has 52 heavy (non-hydrogen) atoms. The van der Waals surface area contributed by atoms with Gasteiger partial charge in [0.05, 0.1) is 11.0 Å². The SMILES string of the molecule is C=C(/C=C\C=C(/C)c1ccc2c3c(cccc13)-c1ccccc1-2)n1c2ccccc2c2c3c4ccccc4c4ccccc4c3c3ccccc3c21. The normalized spacial score (nSPS) is 12.8. The van der Waals surface area contributed by atoms with Gasteiger partial charge in [0.1, 0.15) is 0 Å². The maximum atomic E-state index is 4.72. The largest absolute Gasteiger partial charge is 0.309 e. The van der Waals surface area contributed by atoms with E-state index in [1.54, 1.807) is 0 Å². The zero-order valence-electron chi connectivity index (χ0n) is 28.8. The molecule has 11 rings (SSSR count). The molecule has 0 bridgehead atoms. The fourth-order valence-corrected chi connectivity index (χ4v) is 9.25. The van der Waals surface area contributed by atoms with Gasteiger partial charge in [-0.05, 0) is 95.5 Å². The fourth-order valence-electron chi connectivity index (χ4n) is 9.25. The zero-order chi connectivity index (χ0) is 34.5. The second kappa shape index (κ2) is 10.9. The summed E-state index contributed by atoms with van der Waals surface area (Å²) in [4.78, 5) is 0. The van der Waals surface area contributed by atoms with Gasteiger partial charge in [-0.3, -0.25) is 0 Å². The van der Waals surface area contributed by atoms with Crippen LogP contribution in [0.1, 0.15) is 12.5 Å². The Bertz CT molecular complexity index is 3230. The van der Waals surface area contributed by atoms with Crippen molar-refractivity contribution in [3.63, 3.8) is 0 Å². The highest BCUT2D eigenvalue weighted by molar-refractivity contribution is 6.42. The highest BCUT2D eigenvalue weighted by Crippen LogP contribution is 2.49. The predicted octanol–water partition coefficient (Wildman–Crippen LogP) is 14.3. The molecule has 0 N–H and O–H groups in total. The maximum Gasteiger partial charge on any atom is 0.0625 e. The second-order valence-corrected chi connectivity index (χ2v) is 14.1. The Kier molecular flexibility index (Phi) is 6.09. The fraction of sp³-hybridized carbons (Fsp3) is 0.0196. The Morgan fingerprint density at radius 1 is 0.442 bits per heavy atom. The van der Waals surface area contributed by atoms with Crippen molar-refractivity contribution in [3.05, 3.63) is 182 Å². The van der Waals surface area contributed by atoms with Gasteiger partial charge in [0.2, 0.25) is 0 Å². The Balaban J connectivity index is 1.12. The molecule has 1 aliphatic carbocycles. The lowest BCUT2D eigenvalue weighted by Gasteiger charge is -2.16. The number of hydrogen-bond donors (Lipinski definition) is 0. The van der Waals surface area contributed by atoms with Gasteiger partial charge in [-0.25, -0.2) is 0 Å². The van der Waals surface area contributed by atoms with Crippen LogP contribution in [0.3, 0.4) is 0 Å². The molecule has 0 aliphatic heterocycles. The van der Waals surface area contributed by atoms with Gasteiger partial charge in [-0.15, -0.1) is 0 Å². The van der Waals surface area contributed by atoms with Crippen molar-refractivity contribution in [2.45, 2.75) is 6.92 Å². The van der Waals surface area contributed by atoms with Crippen molar-refractivity contribution in [2.24, 2.45) is 0 Å². The summed E-state index contributed by atoms with van der Waals surface area (Å²) in [6.45, 7) is 6.93. The second-order valence-electron chi connectivity index (χ2n) is 14.1. The van der Waals surface area contributed by atoms with E-state index in [9.17, 15) is 0 Å². The Labute approximate surface area is 301 Å². The van der Waals surface area contributed by atoms with Crippen molar-refractivity contribution >= 4 is 86.9 Å². The van der Waals surface area contributed by atoms with Crippen molar-refractivity contribution in [1.82, 2.24) is 4.57 Å². The molecule has 10 aromatic rings. The summed E-state index contributed by atoms with van der Waals surface area (Å²) in [6, 6.07) is 55.6. The van der Waals surface area contributed by atoms with E-state index >= 15 is 0 Å². The molecule has 1 heteroatoms. The number of allylic oxidation sites excluding steroid dienone is 5. The molecule has 0 radical (unpaired) electrons. The molecule has 1 heterocycles. The maximum absolute atomic E-state index is 4.72. The van der Waals surface area contributed by atoms with E-state index in [-0.39, 0.29) is 0 Å². The minimum Gasteiger partial charge on any atom is -0.309 e. The van der Waals surface area contributed by atoms with Crippen LogP contribution in [-0.4, -0.2) is 4.57 Å². The number of para-hydroxylation sites is 1. The number of nitrogens with zero attached hydrogens (tertiary/aromatic N) is 1. The average Bonchev–Trinajstić information content (AvgIpc) is 3.72. The van der Waals surface area contributed by atoms with Crippen LogP contribution in [0.25, 0.3) is 109 Å². The first-order chi connectivity index (χ1) is 25.7. The molecule has 0 spiro atoms. The van der Waals surface area contributed by atoms with Crippen molar-refractivity contribution in [2.75, 3.05) is 0 Å². The van der Waals surface area contributed by atoms with Gasteiger partial charge in [0, 0.05) is 27.2 Å². The van der Waals surface area contributed by atoms with Crippen LogP contribution in [-0.2, 0) is 0 Å². The van der Waals surface area contributed by atoms with Crippen LogP contribution < -0.4 is 0 Å². The molecular formula is C51H33N. The molecule has 0 unspecified atom stereocenters. The third-order valence-electron chi connectivity index (χ3n) is 11.4. The van der Waals surface area contributed by atoms with E-state index < -0.39 is 0 Å². The highest BCUT2D eigenvalue weighted by atomic mass is 15.0. The Morgan fingerprint density at radius 3 is 1.67 bits per heavy atom. The average molecular weight is 660 g/mol. The van der Waals surface area contributed by atoms with Crippen molar-refractivity contribution in [3.8, 4) is 22.3 Å². The molecule has 9 aromatic carbocycles. The van der Waals surface area contributed by atoms with Gasteiger partial charge in [-0.2, -0.15) is 0 Å². The molecule has 0 amide bonds.